The minimum Gasteiger partial charge on any atom is -0.466 e. The lowest BCUT2D eigenvalue weighted by atomic mass is 10.4. The lowest BCUT2D eigenvalue weighted by Crippen LogP contribution is -2.30. The highest BCUT2D eigenvalue weighted by atomic mass is 32.2. The summed E-state index contributed by atoms with van der Waals surface area (Å²) in [5, 5.41) is 0. The minimum absolute atomic E-state index is 0.0855. The topological polar surface area (TPSA) is 105 Å². The first-order valence-corrected chi connectivity index (χ1v) is 6.78. The fourth-order valence-corrected chi connectivity index (χ4v) is 2.29. The zero-order chi connectivity index (χ0) is 13.6. The number of aromatic amines is 1. The largest absolute Gasteiger partial charge is 0.466 e. The molecule has 100 valence electrons. The molecule has 8 heteroatoms. The number of pyridine rings is 1. The Hall–Kier alpha value is -1.67. The minimum atomic E-state index is -3.90. The first kappa shape index (κ1) is 14.4. The smallest absolute Gasteiger partial charge is 0.307 e. The molecule has 0 saturated heterocycles. The van der Waals surface area contributed by atoms with Crippen LogP contribution in [-0.4, -0.2) is 32.5 Å². The van der Waals surface area contributed by atoms with Gasteiger partial charge in [-0.3, -0.25) is 9.59 Å². The maximum absolute atomic E-state index is 11.7. The molecule has 0 aliphatic carbocycles. The molecular formula is C10H14N2O5S. The number of H-pyrrole nitrogens is 1. The Balaban J connectivity index is 2.64. The summed E-state index contributed by atoms with van der Waals surface area (Å²) in [7, 11) is -3.90. The van der Waals surface area contributed by atoms with Crippen molar-refractivity contribution in [3.8, 4) is 0 Å². The number of sulfonamides is 1. The summed E-state index contributed by atoms with van der Waals surface area (Å²) in [5.74, 6) is -0.498. The van der Waals surface area contributed by atoms with Gasteiger partial charge >= 0.3 is 5.97 Å². The molecule has 0 radical (unpaired) electrons. The van der Waals surface area contributed by atoms with Crippen LogP contribution in [0.3, 0.4) is 0 Å². The van der Waals surface area contributed by atoms with Gasteiger partial charge < -0.3 is 9.72 Å². The average Bonchev–Trinajstić information content (AvgIpc) is 2.29. The molecule has 2 N–H and O–H groups in total. The number of hydrogen-bond acceptors (Lipinski definition) is 5. The van der Waals surface area contributed by atoms with E-state index in [0.29, 0.717) is 0 Å². The number of carbonyl (C=O) groups is 1. The first-order valence-electron chi connectivity index (χ1n) is 5.29. The van der Waals surface area contributed by atoms with Gasteiger partial charge in [-0.15, -0.1) is 0 Å². The van der Waals surface area contributed by atoms with Gasteiger partial charge in [-0.25, -0.2) is 13.1 Å². The molecule has 0 saturated carbocycles. The van der Waals surface area contributed by atoms with Crippen LogP contribution in [0, 0.1) is 0 Å². The lowest BCUT2D eigenvalue weighted by Gasteiger charge is -2.05. The van der Waals surface area contributed by atoms with Crippen molar-refractivity contribution in [3.05, 3.63) is 28.7 Å². The molecule has 7 nitrogen and oxygen atoms in total. The van der Waals surface area contributed by atoms with E-state index in [4.69, 9.17) is 0 Å². The molecule has 0 amide bonds. The van der Waals surface area contributed by atoms with Crippen molar-refractivity contribution in [1.82, 2.24) is 9.71 Å². The predicted octanol–water partition coefficient (Wildman–Crippen LogP) is -0.394. The summed E-state index contributed by atoms with van der Waals surface area (Å²) in [6, 6.07) is 1.11. The Bertz CT molecular complexity index is 564. The van der Waals surface area contributed by atoms with E-state index in [1.165, 1.54) is 6.20 Å². The summed E-state index contributed by atoms with van der Waals surface area (Å²) in [4.78, 5) is 24.5. The molecule has 0 aliphatic rings. The van der Waals surface area contributed by atoms with Crippen LogP contribution >= 0.6 is 0 Å². The van der Waals surface area contributed by atoms with Crippen LogP contribution in [0.1, 0.15) is 13.3 Å². The Morgan fingerprint density at radius 2 is 2.22 bits per heavy atom. The highest BCUT2D eigenvalue weighted by Gasteiger charge is 2.17. The van der Waals surface area contributed by atoms with E-state index in [9.17, 15) is 18.0 Å². The molecule has 1 heterocycles. The van der Waals surface area contributed by atoms with Gasteiger partial charge in [0.15, 0.2) is 0 Å². The van der Waals surface area contributed by atoms with Crippen LogP contribution < -0.4 is 10.2 Å². The van der Waals surface area contributed by atoms with E-state index >= 15 is 0 Å². The quantitative estimate of drug-likeness (QED) is 0.687. The van der Waals surface area contributed by atoms with Gasteiger partial charge in [0, 0.05) is 25.0 Å². The van der Waals surface area contributed by atoms with E-state index in [0.717, 1.165) is 12.3 Å². The fraction of sp³-hybridized carbons (Fsp3) is 0.400. The summed E-state index contributed by atoms with van der Waals surface area (Å²) >= 11 is 0. The molecule has 1 rings (SSSR count). The van der Waals surface area contributed by atoms with Gasteiger partial charge in [-0.05, 0) is 6.92 Å². The van der Waals surface area contributed by atoms with Crippen molar-refractivity contribution in [2.75, 3.05) is 13.2 Å². The predicted molar refractivity (Wildman–Crippen MR) is 63.5 cm³/mol. The molecule has 0 atom stereocenters. The Labute approximate surface area is 104 Å². The second-order valence-corrected chi connectivity index (χ2v) is 5.06. The third kappa shape index (κ3) is 3.97. The van der Waals surface area contributed by atoms with Crippen LogP contribution in [-0.2, 0) is 19.6 Å². The van der Waals surface area contributed by atoms with Crippen LogP contribution in [0.15, 0.2) is 28.2 Å². The molecule has 18 heavy (non-hydrogen) atoms. The van der Waals surface area contributed by atoms with Gasteiger partial charge in [0.25, 0.3) is 0 Å². The lowest BCUT2D eigenvalue weighted by molar-refractivity contribution is -0.142. The molecule has 0 aliphatic heterocycles. The number of ether oxygens (including phenoxy) is 1. The highest BCUT2D eigenvalue weighted by Crippen LogP contribution is 1.99. The summed E-state index contributed by atoms with van der Waals surface area (Å²) in [6.07, 6.45) is 2.34. The number of aromatic nitrogens is 1. The standard InChI is InChI=1S/C10H14N2O5S/c1-2-17-10(14)4-6-12-18(15,16)9-7-11-5-3-8(9)13/h3,5,7,12H,2,4,6H2,1H3,(H,11,13). The van der Waals surface area contributed by atoms with E-state index in [2.05, 4.69) is 14.4 Å². The van der Waals surface area contributed by atoms with Crippen molar-refractivity contribution < 1.29 is 17.9 Å². The zero-order valence-corrected chi connectivity index (χ0v) is 10.6. The maximum atomic E-state index is 11.7. The molecule has 0 fully saturated rings. The molecule has 0 spiro atoms. The summed E-state index contributed by atoms with van der Waals surface area (Å²) in [6.45, 7) is 1.78. The Morgan fingerprint density at radius 1 is 1.50 bits per heavy atom. The van der Waals surface area contributed by atoms with E-state index in [1.54, 1.807) is 6.92 Å². The van der Waals surface area contributed by atoms with Gasteiger partial charge in [-0.2, -0.15) is 0 Å². The number of hydrogen-bond donors (Lipinski definition) is 2. The zero-order valence-electron chi connectivity index (χ0n) is 9.80. The number of rotatable bonds is 6. The SMILES string of the molecule is CCOC(=O)CCNS(=O)(=O)c1c[nH]ccc1=O. The highest BCUT2D eigenvalue weighted by molar-refractivity contribution is 7.89. The normalized spacial score (nSPS) is 11.2. The molecule has 1 aromatic heterocycles. The van der Waals surface area contributed by atoms with E-state index < -0.39 is 21.4 Å². The Morgan fingerprint density at radius 3 is 2.83 bits per heavy atom. The van der Waals surface area contributed by atoms with Crippen LogP contribution in [0.25, 0.3) is 0 Å². The van der Waals surface area contributed by atoms with Gasteiger partial charge in [0.2, 0.25) is 15.5 Å². The molecule has 0 aromatic carbocycles. The second-order valence-electron chi connectivity index (χ2n) is 3.33. The van der Waals surface area contributed by atoms with E-state index in [1.807, 2.05) is 0 Å². The van der Waals surface area contributed by atoms with Crippen molar-refractivity contribution >= 4 is 16.0 Å². The monoisotopic (exact) mass is 274 g/mol. The third-order valence-electron chi connectivity index (χ3n) is 2.00. The first-order chi connectivity index (χ1) is 8.47. The maximum Gasteiger partial charge on any atom is 0.307 e. The summed E-state index contributed by atoms with van der Waals surface area (Å²) in [5.41, 5.74) is -0.614. The van der Waals surface area contributed by atoms with Crippen LogP contribution in [0.4, 0.5) is 0 Å². The molecule has 1 aromatic rings. The number of carbonyl (C=O) groups excluding carboxylic acids is 1. The van der Waals surface area contributed by atoms with Crippen molar-refractivity contribution in [3.63, 3.8) is 0 Å². The van der Waals surface area contributed by atoms with Gasteiger partial charge in [0.1, 0.15) is 4.90 Å². The van der Waals surface area contributed by atoms with Crippen molar-refractivity contribution in [2.45, 2.75) is 18.2 Å². The average molecular weight is 274 g/mol. The van der Waals surface area contributed by atoms with E-state index in [-0.39, 0.29) is 24.5 Å². The molecule has 0 unspecified atom stereocenters. The van der Waals surface area contributed by atoms with Gasteiger partial charge in [-0.1, -0.05) is 0 Å². The molecule has 0 bridgehead atoms. The third-order valence-corrected chi connectivity index (χ3v) is 3.49. The van der Waals surface area contributed by atoms with Crippen LogP contribution in [0.2, 0.25) is 0 Å². The molecular weight excluding hydrogens is 260 g/mol. The van der Waals surface area contributed by atoms with Crippen molar-refractivity contribution in [1.29, 1.82) is 0 Å². The summed E-state index contributed by atoms with van der Waals surface area (Å²) < 4.78 is 30.2. The fourth-order valence-electron chi connectivity index (χ4n) is 1.21. The van der Waals surface area contributed by atoms with Gasteiger partial charge in [0.05, 0.1) is 13.0 Å². The number of nitrogens with one attached hydrogen (secondary N) is 2. The number of esters is 1. The second kappa shape index (κ2) is 6.31. The Kier molecular flexibility index (Phi) is 5.05. The van der Waals surface area contributed by atoms with Crippen LogP contribution in [0.5, 0.6) is 0 Å². The van der Waals surface area contributed by atoms with Crippen molar-refractivity contribution in [2.24, 2.45) is 0 Å².